The Morgan fingerprint density at radius 3 is 2.21 bits per heavy atom. The van der Waals surface area contributed by atoms with E-state index in [1.807, 2.05) is 36.4 Å². The fourth-order valence-electron chi connectivity index (χ4n) is 3.44. The monoisotopic (exact) mass is 396 g/mol. The van der Waals surface area contributed by atoms with Gasteiger partial charge >= 0.3 is 6.03 Å². The minimum absolute atomic E-state index is 0.186. The Morgan fingerprint density at radius 2 is 1.62 bits per heavy atom. The van der Waals surface area contributed by atoms with Gasteiger partial charge in [-0.3, -0.25) is 0 Å². The number of carbonyl (C=O) groups excluding carboxylic acids is 1. The fraction of sp³-hybridized carbons (Fsp3) is 0.435. The van der Waals surface area contributed by atoms with Gasteiger partial charge in [0.15, 0.2) is 0 Å². The van der Waals surface area contributed by atoms with Gasteiger partial charge in [-0.2, -0.15) is 0 Å². The van der Waals surface area contributed by atoms with E-state index >= 15 is 0 Å². The smallest absolute Gasteiger partial charge is 0.319 e. The molecule has 3 rings (SSSR count). The fourth-order valence-corrected chi connectivity index (χ4v) is 3.44. The van der Waals surface area contributed by atoms with E-state index in [4.69, 9.17) is 4.74 Å². The summed E-state index contributed by atoms with van der Waals surface area (Å²) in [5.74, 6) is 0.829. The van der Waals surface area contributed by atoms with Gasteiger partial charge in [0.2, 0.25) is 0 Å². The van der Waals surface area contributed by atoms with Crippen molar-refractivity contribution in [2.45, 2.75) is 19.3 Å². The number of likely N-dealkylation sites (N-methyl/N-ethyl adjacent to an activating group) is 1. The van der Waals surface area contributed by atoms with E-state index in [1.165, 1.54) is 5.69 Å². The number of anilines is 2. The molecule has 1 fully saturated rings. The number of nitrogens with one attached hydrogen (secondary N) is 2. The van der Waals surface area contributed by atoms with E-state index in [0.29, 0.717) is 6.54 Å². The van der Waals surface area contributed by atoms with Gasteiger partial charge in [-0.1, -0.05) is 26.0 Å². The SMILES string of the molecule is COc1ccc(C(C)(C)CNC(=O)Nc2ccc(N3CCN(C)CC3)cc2)cc1. The van der Waals surface area contributed by atoms with E-state index in [-0.39, 0.29) is 11.4 Å². The molecule has 6 nitrogen and oxygen atoms in total. The third kappa shape index (κ3) is 5.64. The van der Waals surface area contributed by atoms with Gasteiger partial charge in [-0.05, 0) is 49.0 Å². The Labute approximate surface area is 173 Å². The number of urea groups is 1. The summed E-state index contributed by atoms with van der Waals surface area (Å²) in [6.07, 6.45) is 0. The zero-order chi connectivity index (χ0) is 20.9. The second-order valence-corrected chi connectivity index (χ2v) is 8.26. The third-order valence-electron chi connectivity index (χ3n) is 5.56. The first-order valence-electron chi connectivity index (χ1n) is 10.1. The van der Waals surface area contributed by atoms with Gasteiger partial charge in [0.25, 0.3) is 0 Å². The highest BCUT2D eigenvalue weighted by Crippen LogP contribution is 2.25. The predicted molar refractivity (Wildman–Crippen MR) is 119 cm³/mol. The van der Waals surface area contributed by atoms with Crippen LogP contribution in [0.1, 0.15) is 19.4 Å². The number of rotatable bonds is 6. The molecule has 2 N–H and O–H groups in total. The van der Waals surface area contributed by atoms with Crippen LogP contribution < -0.4 is 20.3 Å². The molecule has 0 radical (unpaired) electrons. The van der Waals surface area contributed by atoms with Crippen molar-refractivity contribution in [2.24, 2.45) is 0 Å². The summed E-state index contributed by atoms with van der Waals surface area (Å²) in [6.45, 7) is 8.97. The molecular weight excluding hydrogens is 364 g/mol. The van der Waals surface area contributed by atoms with E-state index in [9.17, 15) is 4.79 Å². The number of carbonyl (C=O) groups is 1. The van der Waals surface area contributed by atoms with Gasteiger partial charge in [-0.25, -0.2) is 4.79 Å². The Kier molecular flexibility index (Phi) is 6.64. The van der Waals surface area contributed by atoms with Crippen molar-refractivity contribution in [2.75, 3.05) is 57.1 Å². The van der Waals surface area contributed by atoms with Gasteiger partial charge in [-0.15, -0.1) is 0 Å². The van der Waals surface area contributed by atoms with Crippen LogP contribution in [0.25, 0.3) is 0 Å². The molecule has 0 unspecified atom stereocenters. The largest absolute Gasteiger partial charge is 0.497 e. The number of benzene rings is 2. The molecule has 29 heavy (non-hydrogen) atoms. The van der Waals surface area contributed by atoms with Gasteiger partial charge in [0.1, 0.15) is 5.75 Å². The molecule has 0 spiro atoms. The molecule has 2 aromatic carbocycles. The summed E-state index contributed by atoms with van der Waals surface area (Å²) in [5, 5.41) is 5.91. The molecule has 0 bridgehead atoms. The quantitative estimate of drug-likeness (QED) is 0.784. The van der Waals surface area contributed by atoms with Crippen molar-refractivity contribution >= 4 is 17.4 Å². The van der Waals surface area contributed by atoms with Crippen LogP contribution in [-0.2, 0) is 5.41 Å². The van der Waals surface area contributed by atoms with E-state index in [2.05, 4.69) is 53.5 Å². The average molecular weight is 397 g/mol. The van der Waals surface area contributed by atoms with E-state index in [0.717, 1.165) is 43.2 Å². The van der Waals surface area contributed by atoms with Crippen molar-refractivity contribution in [1.29, 1.82) is 0 Å². The molecule has 6 heteroatoms. The van der Waals surface area contributed by atoms with E-state index < -0.39 is 0 Å². The minimum Gasteiger partial charge on any atom is -0.497 e. The lowest BCUT2D eigenvalue weighted by atomic mass is 9.84. The number of piperazine rings is 1. The maximum atomic E-state index is 12.4. The molecule has 2 aromatic rings. The van der Waals surface area contributed by atoms with Gasteiger partial charge < -0.3 is 25.2 Å². The molecular formula is C23H32N4O2. The van der Waals surface area contributed by atoms with Crippen LogP contribution in [0.3, 0.4) is 0 Å². The normalized spacial score (nSPS) is 15.1. The first-order chi connectivity index (χ1) is 13.9. The van der Waals surface area contributed by atoms with Gasteiger partial charge in [0, 0.05) is 49.5 Å². The molecule has 0 saturated carbocycles. The second-order valence-electron chi connectivity index (χ2n) is 8.26. The molecule has 1 aliphatic heterocycles. The maximum absolute atomic E-state index is 12.4. The highest BCUT2D eigenvalue weighted by molar-refractivity contribution is 5.89. The number of amides is 2. The highest BCUT2D eigenvalue weighted by atomic mass is 16.5. The topological polar surface area (TPSA) is 56.8 Å². The van der Waals surface area contributed by atoms with Crippen LogP contribution in [0.2, 0.25) is 0 Å². The van der Waals surface area contributed by atoms with Crippen molar-refractivity contribution in [1.82, 2.24) is 10.2 Å². The van der Waals surface area contributed by atoms with Crippen LogP contribution in [0.4, 0.5) is 16.2 Å². The molecule has 156 valence electrons. The van der Waals surface area contributed by atoms with Crippen LogP contribution in [0.5, 0.6) is 5.75 Å². The van der Waals surface area contributed by atoms with Crippen molar-refractivity contribution in [3.8, 4) is 5.75 Å². The summed E-state index contributed by atoms with van der Waals surface area (Å²) in [7, 11) is 3.81. The molecule has 2 amide bonds. The minimum atomic E-state index is -0.195. The lowest BCUT2D eigenvalue weighted by Crippen LogP contribution is -2.44. The number of hydrogen-bond acceptors (Lipinski definition) is 4. The predicted octanol–water partition coefficient (Wildman–Crippen LogP) is 3.55. The first-order valence-corrected chi connectivity index (χ1v) is 10.1. The van der Waals surface area contributed by atoms with Crippen molar-refractivity contribution in [3.63, 3.8) is 0 Å². The van der Waals surface area contributed by atoms with Crippen LogP contribution in [0, 0.1) is 0 Å². The van der Waals surface area contributed by atoms with E-state index in [1.54, 1.807) is 7.11 Å². The van der Waals surface area contributed by atoms with Crippen LogP contribution in [-0.4, -0.2) is 57.8 Å². The summed E-state index contributed by atoms with van der Waals surface area (Å²) in [5.41, 5.74) is 2.96. The van der Waals surface area contributed by atoms with Crippen molar-refractivity contribution < 1.29 is 9.53 Å². The molecule has 1 saturated heterocycles. The molecule has 1 aliphatic rings. The third-order valence-corrected chi connectivity index (χ3v) is 5.56. The van der Waals surface area contributed by atoms with Crippen LogP contribution >= 0.6 is 0 Å². The maximum Gasteiger partial charge on any atom is 0.319 e. The molecule has 0 atom stereocenters. The zero-order valence-corrected chi connectivity index (χ0v) is 17.9. The van der Waals surface area contributed by atoms with Crippen LogP contribution in [0.15, 0.2) is 48.5 Å². The summed E-state index contributed by atoms with van der Waals surface area (Å²) in [6, 6.07) is 15.8. The lowest BCUT2D eigenvalue weighted by molar-refractivity contribution is 0.249. The molecule has 1 heterocycles. The summed E-state index contributed by atoms with van der Waals surface area (Å²) < 4.78 is 5.21. The Hall–Kier alpha value is -2.73. The highest BCUT2D eigenvalue weighted by Gasteiger charge is 2.21. The number of nitrogens with zero attached hydrogens (tertiary/aromatic N) is 2. The second kappa shape index (κ2) is 9.18. The number of hydrogen-bond donors (Lipinski definition) is 2. The number of methoxy groups -OCH3 is 1. The lowest BCUT2D eigenvalue weighted by Gasteiger charge is -2.34. The Bertz CT molecular complexity index is 795. The Morgan fingerprint density at radius 1 is 1.00 bits per heavy atom. The summed E-state index contributed by atoms with van der Waals surface area (Å²) >= 11 is 0. The first kappa shape index (κ1) is 21.0. The standard InChI is InChI=1S/C23H32N4O2/c1-23(2,18-5-11-21(29-4)12-6-18)17-24-22(28)25-19-7-9-20(10-8-19)27-15-13-26(3)14-16-27/h5-12H,13-17H2,1-4H3,(H2,24,25,28). The average Bonchev–Trinajstić information content (AvgIpc) is 2.74. The molecule has 0 aromatic heterocycles. The zero-order valence-electron chi connectivity index (χ0n) is 17.9. The molecule has 0 aliphatic carbocycles. The number of ether oxygens (including phenoxy) is 1. The Balaban J connectivity index is 1.50. The van der Waals surface area contributed by atoms with Gasteiger partial charge in [0.05, 0.1) is 7.11 Å². The van der Waals surface area contributed by atoms with Crippen molar-refractivity contribution in [3.05, 3.63) is 54.1 Å². The summed E-state index contributed by atoms with van der Waals surface area (Å²) in [4.78, 5) is 17.1.